The molecule has 5 heteroatoms. The number of hydrogen-bond acceptors (Lipinski definition) is 3. The van der Waals surface area contributed by atoms with Crippen molar-refractivity contribution >= 4 is 22.6 Å². The third kappa shape index (κ3) is 4.43. The summed E-state index contributed by atoms with van der Waals surface area (Å²) in [6.45, 7) is 5.03. The molecule has 0 radical (unpaired) electrons. The van der Waals surface area contributed by atoms with E-state index in [2.05, 4.69) is 34.7 Å². The molecule has 0 saturated heterocycles. The van der Waals surface area contributed by atoms with Crippen molar-refractivity contribution in [3.63, 3.8) is 0 Å². The fraction of sp³-hybridized carbons (Fsp3) is 0.562. The van der Waals surface area contributed by atoms with Crippen molar-refractivity contribution in [2.75, 3.05) is 32.8 Å². The van der Waals surface area contributed by atoms with Crippen molar-refractivity contribution in [2.24, 2.45) is 0 Å². The zero-order chi connectivity index (χ0) is 15.1. The van der Waals surface area contributed by atoms with Crippen molar-refractivity contribution in [3.05, 3.63) is 29.6 Å². The number of hydrogen-bond donors (Lipinski definition) is 0. The van der Waals surface area contributed by atoms with Crippen molar-refractivity contribution in [2.45, 2.75) is 26.3 Å². The molecule has 1 heterocycles. The Labute approximate surface area is 131 Å². The number of fused-ring (bicyclic) bond motifs is 1. The normalized spacial score (nSPS) is 11.4. The van der Waals surface area contributed by atoms with Gasteiger partial charge in [0, 0.05) is 32.6 Å². The third-order valence-corrected chi connectivity index (χ3v) is 3.59. The maximum Gasteiger partial charge on any atom is 0.111 e. The van der Waals surface area contributed by atoms with Gasteiger partial charge in [-0.05, 0) is 31.0 Å². The van der Waals surface area contributed by atoms with E-state index in [1.165, 1.54) is 11.1 Å². The lowest BCUT2D eigenvalue weighted by Gasteiger charge is -2.09. The molecule has 0 saturated carbocycles. The molecule has 0 unspecified atom stereocenters. The minimum atomic E-state index is 0.590. The summed E-state index contributed by atoms with van der Waals surface area (Å²) < 4.78 is 12.8. The third-order valence-electron chi connectivity index (χ3n) is 3.40. The Kier molecular flexibility index (Phi) is 6.49. The number of nitrogens with zero attached hydrogens (tertiary/aromatic N) is 2. The van der Waals surface area contributed by atoms with Crippen molar-refractivity contribution in [3.8, 4) is 0 Å². The van der Waals surface area contributed by atoms with Crippen LogP contribution in [0.25, 0.3) is 11.0 Å². The van der Waals surface area contributed by atoms with Crippen molar-refractivity contribution in [1.29, 1.82) is 0 Å². The molecular weight excluding hydrogens is 288 g/mol. The van der Waals surface area contributed by atoms with Crippen molar-refractivity contribution < 1.29 is 9.47 Å². The number of rotatable bonds is 9. The highest BCUT2D eigenvalue weighted by atomic mass is 35.5. The Morgan fingerprint density at radius 2 is 2.10 bits per heavy atom. The first-order valence-corrected chi connectivity index (χ1v) is 7.88. The summed E-state index contributed by atoms with van der Waals surface area (Å²) in [5, 5.41) is 0. The number of ether oxygens (including phenoxy) is 2. The van der Waals surface area contributed by atoms with Gasteiger partial charge in [0.15, 0.2) is 0 Å². The summed E-state index contributed by atoms with van der Waals surface area (Å²) in [4.78, 5) is 4.69. The molecule has 0 N–H and O–H groups in total. The molecular formula is C16H23ClN2O2. The number of halogens is 1. The van der Waals surface area contributed by atoms with E-state index in [1.807, 2.05) is 0 Å². The van der Waals surface area contributed by atoms with Crippen LogP contribution in [-0.2, 0) is 22.4 Å². The van der Waals surface area contributed by atoms with Crippen LogP contribution in [0.4, 0.5) is 0 Å². The summed E-state index contributed by atoms with van der Waals surface area (Å²) in [6.07, 6.45) is 1.75. The predicted molar refractivity (Wildman–Crippen MR) is 86.2 cm³/mol. The van der Waals surface area contributed by atoms with Gasteiger partial charge in [0.25, 0.3) is 0 Å². The van der Waals surface area contributed by atoms with E-state index >= 15 is 0 Å². The predicted octanol–water partition coefficient (Wildman–Crippen LogP) is 3.18. The van der Waals surface area contributed by atoms with E-state index in [9.17, 15) is 0 Å². The monoisotopic (exact) mass is 310 g/mol. The molecule has 0 bridgehead atoms. The quantitative estimate of drug-likeness (QED) is 0.527. The molecule has 0 fully saturated rings. The molecule has 2 rings (SSSR count). The lowest BCUT2D eigenvalue weighted by Crippen LogP contribution is -2.09. The Morgan fingerprint density at radius 1 is 1.24 bits per heavy atom. The minimum Gasteiger partial charge on any atom is -0.382 e. The molecule has 0 aliphatic rings. The van der Waals surface area contributed by atoms with E-state index in [0.717, 1.165) is 37.3 Å². The van der Waals surface area contributed by atoms with Gasteiger partial charge in [-0.2, -0.15) is 0 Å². The van der Waals surface area contributed by atoms with Gasteiger partial charge in [0.1, 0.15) is 5.82 Å². The molecule has 1 aromatic carbocycles. The van der Waals surface area contributed by atoms with E-state index in [-0.39, 0.29) is 0 Å². The summed E-state index contributed by atoms with van der Waals surface area (Å²) in [7, 11) is 1.68. The fourth-order valence-electron chi connectivity index (χ4n) is 2.38. The summed E-state index contributed by atoms with van der Waals surface area (Å²) in [5.41, 5.74) is 3.48. The topological polar surface area (TPSA) is 36.3 Å². The molecule has 0 atom stereocenters. The van der Waals surface area contributed by atoms with Crippen LogP contribution >= 0.6 is 11.6 Å². The summed E-state index contributed by atoms with van der Waals surface area (Å²) in [6, 6.07) is 6.36. The number of aryl methyl sites for hydroxylation is 3. The van der Waals surface area contributed by atoms with Crippen LogP contribution in [0, 0.1) is 6.92 Å². The second-order valence-corrected chi connectivity index (χ2v) is 5.45. The van der Waals surface area contributed by atoms with Gasteiger partial charge in [0.05, 0.1) is 24.2 Å². The van der Waals surface area contributed by atoms with Gasteiger partial charge in [-0.25, -0.2) is 4.98 Å². The number of aromatic nitrogens is 2. The summed E-state index contributed by atoms with van der Waals surface area (Å²) in [5.74, 6) is 1.65. The second kappa shape index (κ2) is 8.37. The van der Waals surface area contributed by atoms with Crippen LogP contribution in [0.1, 0.15) is 17.8 Å². The van der Waals surface area contributed by atoms with Crippen LogP contribution in [0.5, 0.6) is 0 Å². The molecule has 0 amide bonds. The average Bonchev–Trinajstić information content (AvgIpc) is 2.80. The largest absolute Gasteiger partial charge is 0.382 e. The lowest BCUT2D eigenvalue weighted by molar-refractivity contribution is 0.0680. The first kappa shape index (κ1) is 16.3. The summed E-state index contributed by atoms with van der Waals surface area (Å²) >= 11 is 5.89. The molecule has 2 aromatic rings. The number of benzene rings is 1. The fourth-order valence-corrected chi connectivity index (χ4v) is 2.55. The van der Waals surface area contributed by atoms with Gasteiger partial charge in [-0.1, -0.05) is 6.07 Å². The zero-order valence-electron chi connectivity index (χ0n) is 12.8. The van der Waals surface area contributed by atoms with Gasteiger partial charge in [-0.15, -0.1) is 11.6 Å². The van der Waals surface area contributed by atoms with Gasteiger partial charge < -0.3 is 14.0 Å². The molecule has 0 aliphatic carbocycles. The smallest absolute Gasteiger partial charge is 0.111 e. The van der Waals surface area contributed by atoms with Crippen LogP contribution in [0.2, 0.25) is 0 Å². The standard InChI is InChI=1S/C16H23ClN2O2/c1-13-4-5-14-15(12-13)19(16(18-14)6-7-17)8-3-9-21-11-10-20-2/h4-5,12H,3,6-11H2,1-2H3. The Bertz CT molecular complexity index is 569. The lowest BCUT2D eigenvalue weighted by atomic mass is 10.2. The van der Waals surface area contributed by atoms with Gasteiger partial charge in [-0.3, -0.25) is 0 Å². The Hall–Kier alpha value is -1.10. The Morgan fingerprint density at radius 3 is 2.86 bits per heavy atom. The average molecular weight is 311 g/mol. The second-order valence-electron chi connectivity index (χ2n) is 5.07. The Balaban J connectivity index is 2.05. The molecule has 0 spiro atoms. The molecule has 0 aliphatic heterocycles. The number of alkyl halides is 1. The maximum atomic E-state index is 5.89. The van der Waals surface area contributed by atoms with Crippen LogP contribution < -0.4 is 0 Å². The minimum absolute atomic E-state index is 0.590. The number of methoxy groups -OCH3 is 1. The SMILES string of the molecule is COCCOCCCn1c(CCCl)nc2ccc(C)cc21. The van der Waals surface area contributed by atoms with Crippen LogP contribution in [0.15, 0.2) is 18.2 Å². The first-order valence-electron chi connectivity index (χ1n) is 7.34. The van der Waals surface area contributed by atoms with Crippen LogP contribution in [0.3, 0.4) is 0 Å². The molecule has 4 nitrogen and oxygen atoms in total. The number of imidazole rings is 1. The van der Waals surface area contributed by atoms with E-state index in [4.69, 9.17) is 21.1 Å². The molecule has 1 aromatic heterocycles. The van der Waals surface area contributed by atoms with E-state index in [1.54, 1.807) is 7.11 Å². The highest BCUT2D eigenvalue weighted by Gasteiger charge is 2.10. The molecule has 21 heavy (non-hydrogen) atoms. The van der Waals surface area contributed by atoms with Gasteiger partial charge in [0.2, 0.25) is 0 Å². The first-order chi connectivity index (χ1) is 10.3. The van der Waals surface area contributed by atoms with Crippen LogP contribution in [-0.4, -0.2) is 42.4 Å². The van der Waals surface area contributed by atoms with Gasteiger partial charge >= 0.3 is 0 Å². The van der Waals surface area contributed by atoms with E-state index in [0.29, 0.717) is 19.1 Å². The zero-order valence-corrected chi connectivity index (χ0v) is 13.5. The maximum absolute atomic E-state index is 5.89. The van der Waals surface area contributed by atoms with Crippen molar-refractivity contribution in [1.82, 2.24) is 9.55 Å². The van der Waals surface area contributed by atoms with E-state index < -0.39 is 0 Å². The molecule has 116 valence electrons. The highest BCUT2D eigenvalue weighted by molar-refractivity contribution is 6.17. The highest BCUT2D eigenvalue weighted by Crippen LogP contribution is 2.19.